The zero-order chi connectivity index (χ0) is 15.9. The van der Waals surface area contributed by atoms with E-state index in [1.807, 2.05) is 34.6 Å². The number of nitrogens with zero attached hydrogens (tertiary/aromatic N) is 1. The minimum atomic E-state index is -3.44. The van der Waals surface area contributed by atoms with Crippen LogP contribution in [0.3, 0.4) is 0 Å². The average Bonchev–Trinajstić information content (AvgIpc) is 2.43. The number of sulfonamides is 1. The Hall–Kier alpha value is -0.910. The molecule has 1 aliphatic heterocycles. The van der Waals surface area contributed by atoms with Crippen LogP contribution in [0.5, 0.6) is 0 Å². The summed E-state index contributed by atoms with van der Waals surface area (Å²) >= 11 is 0. The van der Waals surface area contributed by atoms with Gasteiger partial charge in [-0.05, 0) is 69.4 Å². The predicted octanol–water partition coefficient (Wildman–Crippen LogP) is 2.21. The molecule has 5 heteroatoms. The molecule has 4 nitrogen and oxygen atoms in total. The van der Waals surface area contributed by atoms with E-state index in [4.69, 9.17) is 0 Å². The van der Waals surface area contributed by atoms with Gasteiger partial charge in [-0.2, -0.15) is 4.31 Å². The summed E-state index contributed by atoms with van der Waals surface area (Å²) in [7, 11) is -3.44. The molecule has 2 rings (SSSR count). The number of rotatable bonds is 2. The van der Waals surface area contributed by atoms with Crippen LogP contribution in [-0.4, -0.2) is 38.4 Å². The molecule has 1 aromatic carbocycles. The predicted molar refractivity (Wildman–Crippen MR) is 86.4 cm³/mol. The van der Waals surface area contributed by atoms with Crippen LogP contribution >= 0.6 is 0 Å². The monoisotopic (exact) mass is 310 g/mol. The summed E-state index contributed by atoms with van der Waals surface area (Å²) in [6, 6.07) is -0.00975. The summed E-state index contributed by atoms with van der Waals surface area (Å²) in [6.45, 7) is 13.9. The van der Waals surface area contributed by atoms with Gasteiger partial charge in [0.2, 0.25) is 10.0 Å². The van der Waals surface area contributed by atoms with Crippen LogP contribution in [0.1, 0.15) is 34.7 Å². The minimum Gasteiger partial charge on any atom is -0.314 e. The quantitative estimate of drug-likeness (QED) is 0.911. The highest BCUT2D eigenvalue weighted by Crippen LogP contribution is 2.32. The summed E-state index contributed by atoms with van der Waals surface area (Å²) in [4.78, 5) is 0.511. The molecule has 1 atom stereocenters. The molecule has 0 aromatic heterocycles. The molecule has 1 N–H and O–H groups in total. The number of hydrogen-bond donors (Lipinski definition) is 1. The summed E-state index contributed by atoms with van der Waals surface area (Å²) in [5, 5.41) is 3.24. The van der Waals surface area contributed by atoms with Gasteiger partial charge in [-0.15, -0.1) is 0 Å². The van der Waals surface area contributed by atoms with Crippen molar-refractivity contribution in [3.63, 3.8) is 0 Å². The van der Waals surface area contributed by atoms with E-state index < -0.39 is 10.0 Å². The molecule has 1 saturated heterocycles. The molecule has 1 unspecified atom stereocenters. The van der Waals surface area contributed by atoms with Gasteiger partial charge in [-0.1, -0.05) is 0 Å². The molecular weight excluding hydrogens is 284 g/mol. The third-order valence-corrected chi connectivity index (χ3v) is 7.23. The lowest BCUT2D eigenvalue weighted by Crippen LogP contribution is -2.52. The van der Waals surface area contributed by atoms with Gasteiger partial charge < -0.3 is 5.32 Å². The topological polar surface area (TPSA) is 49.4 Å². The summed E-state index contributed by atoms with van der Waals surface area (Å²) in [6.07, 6.45) is 0. The lowest BCUT2D eigenvalue weighted by Gasteiger charge is -2.34. The first kappa shape index (κ1) is 16.5. The van der Waals surface area contributed by atoms with Crippen LogP contribution in [0.25, 0.3) is 0 Å². The van der Waals surface area contributed by atoms with Crippen molar-refractivity contribution in [2.24, 2.45) is 0 Å². The van der Waals surface area contributed by atoms with Crippen LogP contribution in [0.2, 0.25) is 0 Å². The van der Waals surface area contributed by atoms with Gasteiger partial charge in [0, 0.05) is 25.7 Å². The van der Waals surface area contributed by atoms with E-state index in [0.717, 1.165) is 22.3 Å². The van der Waals surface area contributed by atoms with Crippen molar-refractivity contribution in [3.05, 3.63) is 27.8 Å². The van der Waals surface area contributed by atoms with Crippen LogP contribution in [-0.2, 0) is 10.0 Å². The van der Waals surface area contributed by atoms with E-state index in [2.05, 4.69) is 12.2 Å². The van der Waals surface area contributed by atoms with E-state index in [-0.39, 0.29) is 6.04 Å². The van der Waals surface area contributed by atoms with Gasteiger partial charge >= 0.3 is 0 Å². The van der Waals surface area contributed by atoms with Gasteiger partial charge in [0.05, 0.1) is 4.90 Å². The summed E-state index contributed by atoms with van der Waals surface area (Å²) in [5.41, 5.74) is 5.14. The van der Waals surface area contributed by atoms with E-state index in [1.165, 1.54) is 5.56 Å². The Labute approximate surface area is 128 Å². The lowest BCUT2D eigenvalue weighted by molar-refractivity contribution is 0.283. The molecule has 1 heterocycles. The zero-order valence-electron chi connectivity index (χ0n) is 13.9. The third-order valence-electron chi connectivity index (χ3n) is 4.94. The Morgan fingerprint density at radius 2 is 1.43 bits per heavy atom. The Balaban J connectivity index is 2.65. The molecule has 21 heavy (non-hydrogen) atoms. The highest BCUT2D eigenvalue weighted by Gasteiger charge is 2.34. The molecule has 0 aliphatic carbocycles. The van der Waals surface area contributed by atoms with Crippen molar-refractivity contribution < 1.29 is 8.42 Å². The van der Waals surface area contributed by atoms with Crippen LogP contribution in [0.4, 0.5) is 0 Å². The summed E-state index contributed by atoms with van der Waals surface area (Å²) < 4.78 is 28.0. The fourth-order valence-electron chi connectivity index (χ4n) is 3.15. The largest absolute Gasteiger partial charge is 0.314 e. The van der Waals surface area contributed by atoms with Crippen LogP contribution in [0, 0.1) is 34.6 Å². The molecule has 1 aliphatic rings. The van der Waals surface area contributed by atoms with E-state index in [9.17, 15) is 8.42 Å². The van der Waals surface area contributed by atoms with Gasteiger partial charge in [-0.3, -0.25) is 0 Å². The van der Waals surface area contributed by atoms with Gasteiger partial charge in [0.25, 0.3) is 0 Å². The molecule has 0 amide bonds. The Bertz CT molecular complexity index is 636. The van der Waals surface area contributed by atoms with Crippen LogP contribution < -0.4 is 5.32 Å². The SMILES string of the molecule is Cc1c(C)c(C)c(S(=O)(=O)N2CCNCC2C)c(C)c1C. The second-order valence-corrected chi connectivity index (χ2v) is 7.95. The van der Waals surface area contributed by atoms with E-state index in [1.54, 1.807) is 4.31 Å². The molecule has 0 radical (unpaired) electrons. The first-order valence-electron chi connectivity index (χ1n) is 7.49. The number of nitrogens with one attached hydrogen (secondary N) is 1. The Morgan fingerprint density at radius 1 is 0.952 bits per heavy atom. The normalized spacial score (nSPS) is 20.8. The highest BCUT2D eigenvalue weighted by atomic mass is 32.2. The molecule has 0 saturated carbocycles. The van der Waals surface area contributed by atoms with E-state index >= 15 is 0 Å². The number of hydrogen-bond acceptors (Lipinski definition) is 3. The van der Waals surface area contributed by atoms with Crippen molar-refractivity contribution >= 4 is 10.0 Å². The third kappa shape index (κ3) is 2.62. The lowest BCUT2D eigenvalue weighted by atomic mass is 9.95. The molecule has 118 valence electrons. The fraction of sp³-hybridized carbons (Fsp3) is 0.625. The maximum atomic E-state index is 13.2. The zero-order valence-corrected chi connectivity index (χ0v) is 14.7. The summed E-state index contributed by atoms with van der Waals surface area (Å²) in [5.74, 6) is 0. The minimum absolute atomic E-state index is 0.00975. The molecule has 0 spiro atoms. The molecule has 0 bridgehead atoms. The van der Waals surface area contributed by atoms with Crippen molar-refractivity contribution in [1.29, 1.82) is 0 Å². The van der Waals surface area contributed by atoms with Crippen LogP contribution in [0.15, 0.2) is 4.90 Å². The second-order valence-electron chi connectivity index (χ2n) is 6.12. The first-order valence-corrected chi connectivity index (χ1v) is 8.93. The van der Waals surface area contributed by atoms with Crippen molar-refractivity contribution in [2.45, 2.75) is 52.5 Å². The second kappa shape index (κ2) is 5.71. The molecule has 1 fully saturated rings. The highest BCUT2D eigenvalue weighted by molar-refractivity contribution is 7.89. The smallest absolute Gasteiger partial charge is 0.243 e. The van der Waals surface area contributed by atoms with Crippen molar-refractivity contribution in [1.82, 2.24) is 9.62 Å². The van der Waals surface area contributed by atoms with Gasteiger partial charge in [0.1, 0.15) is 0 Å². The van der Waals surface area contributed by atoms with Gasteiger partial charge in [0.15, 0.2) is 0 Å². The standard InChI is InChI=1S/C16H26N2O2S/c1-10-9-17-7-8-18(10)21(19,20)16-14(5)12(3)11(2)13(4)15(16)6/h10,17H,7-9H2,1-6H3. The van der Waals surface area contributed by atoms with Gasteiger partial charge in [-0.25, -0.2) is 8.42 Å². The number of piperazine rings is 1. The van der Waals surface area contributed by atoms with Crippen molar-refractivity contribution in [3.8, 4) is 0 Å². The molecular formula is C16H26N2O2S. The van der Waals surface area contributed by atoms with E-state index in [0.29, 0.717) is 24.5 Å². The Kier molecular flexibility index (Phi) is 4.47. The average molecular weight is 310 g/mol. The van der Waals surface area contributed by atoms with Crippen molar-refractivity contribution in [2.75, 3.05) is 19.6 Å². The Morgan fingerprint density at radius 3 is 1.90 bits per heavy atom. The fourth-order valence-corrected chi connectivity index (χ4v) is 5.34. The number of benzene rings is 1. The maximum absolute atomic E-state index is 13.2. The molecule has 1 aromatic rings. The maximum Gasteiger partial charge on any atom is 0.243 e. The first-order chi connectivity index (χ1) is 9.69.